The van der Waals surface area contributed by atoms with Gasteiger partial charge in [0.1, 0.15) is 13.2 Å². The number of nitrogens with zero attached hydrogens (tertiary/aromatic N) is 2. The Labute approximate surface area is 165 Å². The number of hydrogen-bond donors (Lipinski definition) is 0. The molecule has 0 saturated carbocycles. The maximum atomic E-state index is 12.9. The van der Waals surface area contributed by atoms with Crippen molar-refractivity contribution in [1.82, 2.24) is 9.80 Å². The van der Waals surface area contributed by atoms with Crippen LogP contribution in [-0.4, -0.2) is 67.2 Å². The molecule has 2 aliphatic rings. The molecule has 7 nitrogen and oxygen atoms in total. The SMILES string of the molecule is CCOC(=O)C1(CCc2ccccc2)CCCN(C(=O)CN2CCOC2=O)C1. The van der Waals surface area contributed by atoms with Crippen molar-refractivity contribution in [1.29, 1.82) is 0 Å². The minimum absolute atomic E-state index is 0.00355. The highest BCUT2D eigenvalue weighted by atomic mass is 16.6. The Balaban J connectivity index is 1.70. The molecule has 1 atom stereocenters. The Kier molecular flexibility index (Phi) is 6.54. The summed E-state index contributed by atoms with van der Waals surface area (Å²) in [7, 11) is 0. The Morgan fingerprint density at radius 1 is 1.21 bits per heavy atom. The Bertz CT molecular complexity index is 708. The average molecular weight is 388 g/mol. The summed E-state index contributed by atoms with van der Waals surface area (Å²) in [6, 6.07) is 10.0. The van der Waals surface area contributed by atoms with Gasteiger partial charge in [-0.05, 0) is 38.2 Å². The van der Waals surface area contributed by atoms with Gasteiger partial charge in [-0.1, -0.05) is 30.3 Å². The van der Waals surface area contributed by atoms with Gasteiger partial charge in [0.25, 0.3) is 0 Å². The number of benzene rings is 1. The van der Waals surface area contributed by atoms with Crippen LogP contribution < -0.4 is 0 Å². The van der Waals surface area contributed by atoms with Crippen molar-refractivity contribution < 1.29 is 23.9 Å². The van der Waals surface area contributed by atoms with E-state index < -0.39 is 11.5 Å². The number of carbonyl (C=O) groups excluding carboxylic acids is 3. The van der Waals surface area contributed by atoms with E-state index in [1.807, 2.05) is 30.3 Å². The highest BCUT2D eigenvalue weighted by molar-refractivity contribution is 5.84. The molecule has 152 valence electrons. The lowest BCUT2D eigenvalue weighted by Crippen LogP contribution is -2.52. The number of carbonyl (C=O) groups is 3. The first kappa shape index (κ1) is 20.2. The maximum Gasteiger partial charge on any atom is 0.410 e. The molecule has 2 heterocycles. The predicted octanol–water partition coefficient (Wildman–Crippen LogP) is 2.24. The zero-order valence-corrected chi connectivity index (χ0v) is 16.4. The molecule has 0 aromatic heterocycles. The van der Waals surface area contributed by atoms with Crippen molar-refractivity contribution in [3.8, 4) is 0 Å². The second kappa shape index (κ2) is 9.08. The van der Waals surface area contributed by atoms with Gasteiger partial charge in [-0.25, -0.2) is 4.79 Å². The average Bonchev–Trinajstić information content (AvgIpc) is 3.12. The third-order valence-corrected chi connectivity index (χ3v) is 5.54. The number of piperidine rings is 1. The van der Waals surface area contributed by atoms with Crippen molar-refractivity contribution in [2.45, 2.75) is 32.6 Å². The number of ether oxygens (including phenoxy) is 2. The van der Waals surface area contributed by atoms with Gasteiger partial charge in [0.2, 0.25) is 5.91 Å². The topological polar surface area (TPSA) is 76.2 Å². The van der Waals surface area contributed by atoms with Crippen LogP contribution in [0.3, 0.4) is 0 Å². The summed E-state index contributed by atoms with van der Waals surface area (Å²) < 4.78 is 10.3. The monoisotopic (exact) mass is 388 g/mol. The molecule has 0 radical (unpaired) electrons. The summed E-state index contributed by atoms with van der Waals surface area (Å²) in [5.74, 6) is -0.379. The molecule has 0 aliphatic carbocycles. The molecule has 0 spiro atoms. The van der Waals surface area contributed by atoms with E-state index in [2.05, 4.69) is 0 Å². The molecule has 0 N–H and O–H groups in total. The first-order valence-electron chi connectivity index (χ1n) is 9.95. The predicted molar refractivity (Wildman–Crippen MR) is 103 cm³/mol. The van der Waals surface area contributed by atoms with Crippen LogP contribution in [0.5, 0.6) is 0 Å². The highest BCUT2D eigenvalue weighted by Crippen LogP contribution is 2.36. The molecule has 28 heavy (non-hydrogen) atoms. The third-order valence-electron chi connectivity index (χ3n) is 5.54. The summed E-state index contributed by atoms with van der Waals surface area (Å²) in [6.45, 7) is 3.78. The zero-order chi connectivity index (χ0) is 20.0. The van der Waals surface area contributed by atoms with E-state index in [0.29, 0.717) is 45.7 Å². The standard InChI is InChI=1S/C21H28N2O5/c1-2-27-19(25)21(11-9-17-7-4-3-5-8-17)10-6-12-23(16-21)18(24)15-22-13-14-28-20(22)26/h3-5,7-8H,2,6,9-16H2,1H3. The summed E-state index contributed by atoms with van der Waals surface area (Å²) in [6.07, 6.45) is 2.37. The smallest absolute Gasteiger partial charge is 0.410 e. The van der Waals surface area contributed by atoms with Gasteiger partial charge >= 0.3 is 12.1 Å². The minimum Gasteiger partial charge on any atom is -0.466 e. The van der Waals surface area contributed by atoms with Crippen LogP contribution in [0.2, 0.25) is 0 Å². The largest absolute Gasteiger partial charge is 0.466 e. The molecular weight excluding hydrogens is 360 g/mol. The Morgan fingerprint density at radius 2 is 2.00 bits per heavy atom. The van der Waals surface area contributed by atoms with Crippen LogP contribution in [0.1, 0.15) is 31.7 Å². The fourth-order valence-electron chi connectivity index (χ4n) is 3.96. The Morgan fingerprint density at radius 3 is 2.68 bits per heavy atom. The van der Waals surface area contributed by atoms with Gasteiger partial charge in [-0.2, -0.15) is 0 Å². The molecule has 2 amide bonds. The van der Waals surface area contributed by atoms with Gasteiger partial charge in [-0.15, -0.1) is 0 Å². The molecule has 1 aromatic carbocycles. The lowest BCUT2D eigenvalue weighted by Gasteiger charge is -2.41. The van der Waals surface area contributed by atoms with Gasteiger partial charge in [0, 0.05) is 13.1 Å². The molecular formula is C21H28N2O5. The number of cyclic esters (lactones) is 1. The Hall–Kier alpha value is -2.57. The number of rotatable bonds is 7. The number of aryl methyl sites for hydroxylation is 1. The van der Waals surface area contributed by atoms with Gasteiger partial charge in [0.05, 0.1) is 18.6 Å². The molecule has 2 fully saturated rings. The zero-order valence-electron chi connectivity index (χ0n) is 16.4. The molecule has 1 aromatic rings. The normalized spacial score (nSPS) is 22.1. The van der Waals surface area contributed by atoms with Crippen LogP contribution in [0.25, 0.3) is 0 Å². The van der Waals surface area contributed by atoms with Crippen molar-refractivity contribution in [2.75, 3.05) is 39.4 Å². The molecule has 7 heteroatoms. The number of esters is 1. The van der Waals surface area contributed by atoms with Crippen molar-refractivity contribution in [3.63, 3.8) is 0 Å². The van der Waals surface area contributed by atoms with E-state index in [-0.39, 0.29) is 18.4 Å². The van der Waals surface area contributed by atoms with Crippen LogP contribution >= 0.6 is 0 Å². The molecule has 0 bridgehead atoms. The summed E-state index contributed by atoms with van der Waals surface area (Å²) in [5, 5.41) is 0. The lowest BCUT2D eigenvalue weighted by atomic mass is 9.75. The van der Waals surface area contributed by atoms with E-state index in [1.165, 1.54) is 4.90 Å². The minimum atomic E-state index is -0.703. The summed E-state index contributed by atoms with van der Waals surface area (Å²) >= 11 is 0. The van der Waals surface area contributed by atoms with Gasteiger partial charge < -0.3 is 14.4 Å². The molecule has 2 aliphatic heterocycles. The quantitative estimate of drug-likeness (QED) is 0.670. The van der Waals surface area contributed by atoms with Crippen LogP contribution in [0, 0.1) is 5.41 Å². The van der Waals surface area contributed by atoms with E-state index in [4.69, 9.17) is 9.47 Å². The second-order valence-electron chi connectivity index (χ2n) is 7.44. The summed E-state index contributed by atoms with van der Waals surface area (Å²) in [5.41, 5.74) is 0.458. The van der Waals surface area contributed by atoms with Gasteiger partial charge in [-0.3, -0.25) is 14.5 Å². The van der Waals surface area contributed by atoms with Crippen molar-refractivity contribution in [2.24, 2.45) is 5.41 Å². The fourth-order valence-corrected chi connectivity index (χ4v) is 3.96. The first-order chi connectivity index (χ1) is 13.5. The first-order valence-corrected chi connectivity index (χ1v) is 9.95. The summed E-state index contributed by atoms with van der Waals surface area (Å²) in [4.78, 5) is 40.4. The molecule has 2 saturated heterocycles. The lowest BCUT2D eigenvalue weighted by molar-refractivity contribution is -0.161. The third kappa shape index (κ3) is 4.64. The van der Waals surface area contributed by atoms with Gasteiger partial charge in [0.15, 0.2) is 0 Å². The van der Waals surface area contributed by atoms with E-state index >= 15 is 0 Å². The number of hydrogen-bond acceptors (Lipinski definition) is 5. The van der Waals surface area contributed by atoms with Crippen LogP contribution in [0.15, 0.2) is 30.3 Å². The van der Waals surface area contributed by atoms with Crippen molar-refractivity contribution in [3.05, 3.63) is 35.9 Å². The molecule has 3 rings (SSSR count). The number of likely N-dealkylation sites (tertiary alicyclic amines) is 1. The van der Waals surface area contributed by atoms with Crippen molar-refractivity contribution >= 4 is 18.0 Å². The second-order valence-corrected chi connectivity index (χ2v) is 7.44. The van der Waals surface area contributed by atoms with E-state index in [9.17, 15) is 14.4 Å². The fraction of sp³-hybridized carbons (Fsp3) is 0.571. The number of amides is 2. The highest BCUT2D eigenvalue weighted by Gasteiger charge is 2.44. The maximum absolute atomic E-state index is 12.9. The van der Waals surface area contributed by atoms with Crippen LogP contribution in [-0.2, 0) is 25.5 Å². The molecule has 1 unspecified atom stereocenters. The van der Waals surface area contributed by atoms with Crippen LogP contribution in [0.4, 0.5) is 4.79 Å². The van der Waals surface area contributed by atoms with E-state index in [0.717, 1.165) is 18.4 Å². The van der Waals surface area contributed by atoms with E-state index in [1.54, 1.807) is 11.8 Å².